The average molecular weight is 256 g/mol. The van der Waals surface area contributed by atoms with E-state index >= 15 is 0 Å². The smallest absolute Gasteiger partial charge is 0.0107 e. The van der Waals surface area contributed by atoms with Gasteiger partial charge in [0.15, 0.2) is 0 Å². The molecule has 0 radical (unpaired) electrons. The molecule has 0 saturated heterocycles. The molecule has 0 amide bonds. The molecule has 1 unspecified atom stereocenters. The van der Waals surface area contributed by atoms with Gasteiger partial charge < -0.3 is 10.2 Å². The van der Waals surface area contributed by atoms with Crippen LogP contribution in [0.2, 0.25) is 0 Å². The Kier molecular flexibility index (Phi) is 10.8. The first-order valence-electron chi connectivity index (χ1n) is 7.91. The predicted molar refractivity (Wildman–Crippen MR) is 83.1 cm³/mol. The van der Waals surface area contributed by atoms with Gasteiger partial charge in [-0.25, -0.2) is 0 Å². The lowest BCUT2D eigenvalue weighted by atomic mass is 10.1. The first-order chi connectivity index (χ1) is 8.45. The summed E-state index contributed by atoms with van der Waals surface area (Å²) in [6, 6.07) is 0.655. The molecule has 0 saturated carbocycles. The molecule has 0 aliphatic carbocycles. The van der Waals surface area contributed by atoms with E-state index < -0.39 is 0 Å². The summed E-state index contributed by atoms with van der Waals surface area (Å²) in [5, 5.41) is 3.60. The average Bonchev–Trinajstić information content (AvgIpc) is 2.31. The summed E-state index contributed by atoms with van der Waals surface area (Å²) in [6.07, 6.45) is 3.86. The highest BCUT2D eigenvalue weighted by Crippen LogP contribution is 2.06. The van der Waals surface area contributed by atoms with Crippen molar-refractivity contribution in [2.24, 2.45) is 11.8 Å². The maximum absolute atomic E-state index is 3.60. The summed E-state index contributed by atoms with van der Waals surface area (Å²) in [4.78, 5) is 2.63. The highest BCUT2D eigenvalue weighted by atomic mass is 15.1. The number of nitrogens with zero attached hydrogens (tertiary/aromatic N) is 1. The lowest BCUT2D eigenvalue weighted by Crippen LogP contribution is -2.37. The van der Waals surface area contributed by atoms with Crippen LogP contribution in [0.5, 0.6) is 0 Å². The summed E-state index contributed by atoms with van der Waals surface area (Å²) >= 11 is 0. The van der Waals surface area contributed by atoms with E-state index in [1.54, 1.807) is 0 Å². The van der Waals surface area contributed by atoms with E-state index in [2.05, 4.69) is 51.8 Å². The molecule has 0 heterocycles. The summed E-state index contributed by atoms with van der Waals surface area (Å²) in [5.41, 5.74) is 0. The van der Waals surface area contributed by atoms with Crippen LogP contribution < -0.4 is 5.32 Å². The first-order valence-corrected chi connectivity index (χ1v) is 7.91. The minimum Gasteiger partial charge on any atom is -0.313 e. The van der Waals surface area contributed by atoms with Crippen LogP contribution in [-0.4, -0.2) is 37.1 Å². The second-order valence-corrected chi connectivity index (χ2v) is 6.47. The molecule has 0 aromatic rings. The molecule has 1 atom stereocenters. The quantitative estimate of drug-likeness (QED) is 0.605. The van der Waals surface area contributed by atoms with Crippen LogP contribution >= 0.6 is 0 Å². The Hall–Kier alpha value is -0.0800. The van der Waals surface area contributed by atoms with Gasteiger partial charge in [0.25, 0.3) is 0 Å². The Balaban J connectivity index is 3.88. The highest BCUT2D eigenvalue weighted by molar-refractivity contribution is 4.65. The first kappa shape index (κ1) is 17.9. The van der Waals surface area contributed by atoms with Crippen LogP contribution in [0.1, 0.15) is 60.8 Å². The minimum absolute atomic E-state index is 0.655. The number of hydrogen-bond donors (Lipinski definition) is 1. The van der Waals surface area contributed by atoms with Crippen LogP contribution in [0.4, 0.5) is 0 Å². The van der Waals surface area contributed by atoms with Gasteiger partial charge in [0, 0.05) is 19.1 Å². The fourth-order valence-electron chi connectivity index (χ4n) is 1.83. The van der Waals surface area contributed by atoms with Crippen LogP contribution in [0, 0.1) is 11.8 Å². The topological polar surface area (TPSA) is 15.3 Å². The molecule has 0 aromatic heterocycles. The summed E-state index contributed by atoms with van der Waals surface area (Å²) < 4.78 is 0. The summed E-state index contributed by atoms with van der Waals surface area (Å²) in [7, 11) is 0. The molecule has 0 aliphatic rings. The Bertz CT molecular complexity index is 166. The van der Waals surface area contributed by atoms with Gasteiger partial charge in [-0.15, -0.1) is 0 Å². The zero-order chi connectivity index (χ0) is 14.0. The van der Waals surface area contributed by atoms with E-state index in [0.29, 0.717) is 6.04 Å². The van der Waals surface area contributed by atoms with Crippen molar-refractivity contribution in [1.82, 2.24) is 10.2 Å². The van der Waals surface area contributed by atoms with Crippen LogP contribution in [0.15, 0.2) is 0 Å². The van der Waals surface area contributed by atoms with Gasteiger partial charge in [-0.05, 0) is 51.1 Å². The molecule has 0 spiro atoms. The molecule has 0 fully saturated rings. The number of rotatable bonds is 11. The lowest BCUT2D eigenvalue weighted by Gasteiger charge is -2.25. The minimum atomic E-state index is 0.655. The molecule has 110 valence electrons. The SMILES string of the molecule is CCC(C)NCCN(CCC(C)C)CCC(C)C. The zero-order valence-electron chi connectivity index (χ0n) is 13.6. The maximum atomic E-state index is 3.60. The second kappa shape index (κ2) is 10.8. The Labute approximate surface area is 116 Å². The van der Waals surface area contributed by atoms with Crippen molar-refractivity contribution in [1.29, 1.82) is 0 Å². The maximum Gasteiger partial charge on any atom is 0.0107 e. The summed E-state index contributed by atoms with van der Waals surface area (Å²) in [5.74, 6) is 1.63. The number of hydrogen-bond acceptors (Lipinski definition) is 2. The fraction of sp³-hybridized carbons (Fsp3) is 1.00. The normalized spacial score (nSPS) is 13.8. The molecule has 2 nitrogen and oxygen atoms in total. The third-order valence-corrected chi connectivity index (χ3v) is 3.58. The largest absolute Gasteiger partial charge is 0.313 e. The van der Waals surface area contributed by atoms with Crippen LogP contribution in [-0.2, 0) is 0 Å². The molecule has 2 heteroatoms. The standard InChI is InChI=1S/C16H36N2/c1-7-16(6)17-10-13-18(11-8-14(2)3)12-9-15(4)5/h14-17H,7-13H2,1-6H3. The van der Waals surface area contributed by atoms with Gasteiger partial charge in [-0.2, -0.15) is 0 Å². The zero-order valence-corrected chi connectivity index (χ0v) is 13.6. The van der Waals surface area contributed by atoms with Crippen molar-refractivity contribution in [3.05, 3.63) is 0 Å². The van der Waals surface area contributed by atoms with Crippen molar-refractivity contribution in [2.45, 2.75) is 66.8 Å². The van der Waals surface area contributed by atoms with Crippen molar-refractivity contribution >= 4 is 0 Å². The molecular formula is C16H36N2. The van der Waals surface area contributed by atoms with Gasteiger partial charge >= 0.3 is 0 Å². The lowest BCUT2D eigenvalue weighted by molar-refractivity contribution is 0.240. The van der Waals surface area contributed by atoms with E-state index in [9.17, 15) is 0 Å². The molecular weight excluding hydrogens is 220 g/mol. The van der Waals surface area contributed by atoms with Gasteiger partial charge in [0.05, 0.1) is 0 Å². The van der Waals surface area contributed by atoms with E-state index in [1.165, 1.54) is 38.9 Å². The number of nitrogens with one attached hydrogen (secondary N) is 1. The van der Waals surface area contributed by atoms with Gasteiger partial charge in [-0.1, -0.05) is 34.6 Å². The molecule has 0 aromatic carbocycles. The van der Waals surface area contributed by atoms with Crippen LogP contribution in [0.25, 0.3) is 0 Å². The molecule has 18 heavy (non-hydrogen) atoms. The van der Waals surface area contributed by atoms with Crippen molar-refractivity contribution in [2.75, 3.05) is 26.2 Å². The molecule has 0 rings (SSSR count). The third kappa shape index (κ3) is 11.0. The highest BCUT2D eigenvalue weighted by Gasteiger charge is 2.07. The second-order valence-electron chi connectivity index (χ2n) is 6.47. The van der Waals surface area contributed by atoms with E-state index in [1.807, 2.05) is 0 Å². The monoisotopic (exact) mass is 256 g/mol. The molecule has 1 N–H and O–H groups in total. The van der Waals surface area contributed by atoms with E-state index in [4.69, 9.17) is 0 Å². The van der Waals surface area contributed by atoms with E-state index in [0.717, 1.165) is 18.4 Å². The van der Waals surface area contributed by atoms with Crippen molar-refractivity contribution in [3.8, 4) is 0 Å². The predicted octanol–water partition coefficient (Wildman–Crippen LogP) is 3.77. The van der Waals surface area contributed by atoms with Gasteiger partial charge in [0.2, 0.25) is 0 Å². The Morgan fingerprint density at radius 3 is 1.72 bits per heavy atom. The van der Waals surface area contributed by atoms with Crippen molar-refractivity contribution in [3.63, 3.8) is 0 Å². The van der Waals surface area contributed by atoms with Crippen LogP contribution in [0.3, 0.4) is 0 Å². The Morgan fingerprint density at radius 1 is 0.833 bits per heavy atom. The Morgan fingerprint density at radius 2 is 1.33 bits per heavy atom. The van der Waals surface area contributed by atoms with Crippen molar-refractivity contribution < 1.29 is 0 Å². The molecule has 0 bridgehead atoms. The third-order valence-electron chi connectivity index (χ3n) is 3.58. The summed E-state index contributed by atoms with van der Waals surface area (Å²) in [6.45, 7) is 18.6. The fourth-order valence-corrected chi connectivity index (χ4v) is 1.83. The van der Waals surface area contributed by atoms with Gasteiger partial charge in [0.1, 0.15) is 0 Å². The van der Waals surface area contributed by atoms with Gasteiger partial charge in [-0.3, -0.25) is 0 Å². The van der Waals surface area contributed by atoms with E-state index in [-0.39, 0.29) is 0 Å². The molecule has 0 aliphatic heterocycles.